The Kier molecular flexibility index (Phi) is 7.71. The van der Waals surface area contributed by atoms with Gasteiger partial charge in [-0.05, 0) is 12.0 Å². The van der Waals surface area contributed by atoms with Crippen molar-refractivity contribution < 1.29 is 32.7 Å². The molecule has 75 valence electrons. The van der Waals surface area contributed by atoms with E-state index in [2.05, 4.69) is 35.6 Å². The van der Waals surface area contributed by atoms with Gasteiger partial charge in [0.15, 0.2) is 0 Å². The average molecular weight is 264 g/mol. The molecule has 0 aliphatic carbocycles. The van der Waals surface area contributed by atoms with Crippen LogP contribution in [0.5, 0.6) is 0 Å². The molecule has 1 aromatic carbocycles. The molecule has 1 nitrogen and oxygen atoms in total. The second-order valence-electron chi connectivity index (χ2n) is 3.47. The molecule has 1 radical (unpaired) electrons. The van der Waals surface area contributed by atoms with Crippen LogP contribution in [-0.2, 0) is 39.1 Å². The SMILES string of the molecule is [CH3-].[Y].c1ccc(CC2CC[N-]C2)cc1. The molecule has 1 aromatic rings. The summed E-state index contributed by atoms with van der Waals surface area (Å²) >= 11 is 0. The van der Waals surface area contributed by atoms with E-state index in [4.69, 9.17) is 0 Å². The molecule has 1 aliphatic rings. The van der Waals surface area contributed by atoms with Gasteiger partial charge in [-0.1, -0.05) is 42.7 Å². The van der Waals surface area contributed by atoms with E-state index in [-0.39, 0.29) is 40.1 Å². The maximum atomic E-state index is 4.36. The molecule has 0 bridgehead atoms. The van der Waals surface area contributed by atoms with Crippen molar-refractivity contribution in [1.29, 1.82) is 0 Å². The van der Waals surface area contributed by atoms with Gasteiger partial charge in [-0.3, -0.25) is 0 Å². The van der Waals surface area contributed by atoms with Crippen molar-refractivity contribution in [1.82, 2.24) is 0 Å². The Bertz CT molecular complexity index is 229. The van der Waals surface area contributed by atoms with E-state index in [1.54, 1.807) is 0 Å². The second kappa shape index (κ2) is 7.56. The Labute approximate surface area is 113 Å². The van der Waals surface area contributed by atoms with Crippen molar-refractivity contribution in [3.8, 4) is 0 Å². The first-order valence-electron chi connectivity index (χ1n) is 4.62. The molecule has 1 atom stereocenters. The number of nitrogens with zero attached hydrogens (tertiary/aromatic N) is 1. The van der Waals surface area contributed by atoms with Gasteiger partial charge in [0, 0.05) is 32.7 Å². The molecule has 0 N–H and O–H groups in total. The van der Waals surface area contributed by atoms with Gasteiger partial charge in [-0.2, -0.15) is 0 Å². The van der Waals surface area contributed by atoms with Crippen LogP contribution < -0.4 is 0 Å². The molecule has 0 spiro atoms. The second-order valence-corrected chi connectivity index (χ2v) is 3.47. The van der Waals surface area contributed by atoms with Crippen LogP contribution in [0.15, 0.2) is 30.3 Å². The number of hydrogen-bond acceptors (Lipinski definition) is 0. The quantitative estimate of drug-likeness (QED) is 0.729. The van der Waals surface area contributed by atoms with E-state index in [1.807, 2.05) is 0 Å². The summed E-state index contributed by atoms with van der Waals surface area (Å²) < 4.78 is 0. The molecule has 0 aromatic heterocycles. The maximum Gasteiger partial charge on any atom is 0 e. The zero-order valence-electron chi connectivity index (χ0n) is 8.82. The third kappa shape index (κ3) is 4.21. The maximum absolute atomic E-state index is 4.36. The smallest absolute Gasteiger partial charge is 0 e. The van der Waals surface area contributed by atoms with Gasteiger partial charge in [0.2, 0.25) is 0 Å². The summed E-state index contributed by atoms with van der Waals surface area (Å²) in [7, 11) is 0. The normalized spacial score (nSPS) is 19.6. The Balaban J connectivity index is 0.000000845. The Morgan fingerprint density at radius 1 is 1.21 bits per heavy atom. The fourth-order valence-corrected chi connectivity index (χ4v) is 1.75. The molecule has 14 heavy (non-hydrogen) atoms. The molecule has 1 heterocycles. The zero-order valence-corrected chi connectivity index (χ0v) is 11.7. The van der Waals surface area contributed by atoms with Crippen molar-refractivity contribution >= 4 is 0 Å². The third-order valence-electron chi connectivity index (χ3n) is 2.45. The third-order valence-corrected chi connectivity index (χ3v) is 2.45. The Hall–Kier alpha value is 0.284. The number of rotatable bonds is 2. The van der Waals surface area contributed by atoms with Crippen LogP contribution in [0.3, 0.4) is 0 Å². The molecular weight excluding hydrogens is 247 g/mol. The summed E-state index contributed by atoms with van der Waals surface area (Å²) in [5.41, 5.74) is 1.46. The molecule has 1 fully saturated rings. The summed E-state index contributed by atoms with van der Waals surface area (Å²) in [5.74, 6) is 0.812. The van der Waals surface area contributed by atoms with Gasteiger partial charge in [0.25, 0.3) is 0 Å². The average Bonchev–Trinajstić information content (AvgIpc) is 2.59. The molecule has 1 aliphatic heterocycles. The summed E-state index contributed by atoms with van der Waals surface area (Å²) in [6.45, 7) is 2.16. The van der Waals surface area contributed by atoms with E-state index in [1.165, 1.54) is 18.4 Å². The molecular formula is C12H17NY-2. The van der Waals surface area contributed by atoms with Gasteiger partial charge in [-0.25, -0.2) is 0 Å². The fraction of sp³-hybridized carbons (Fsp3) is 0.417. The Morgan fingerprint density at radius 2 is 1.93 bits per heavy atom. The standard InChI is InChI=1S/C11H14N.CH3.Y/c1-2-4-10(5-3-1)8-11-6-7-12-9-11;;/h1-5,11H,6-9H2;1H3;/q2*-1;. The Morgan fingerprint density at radius 3 is 2.50 bits per heavy atom. The topological polar surface area (TPSA) is 14.1 Å². The van der Waals surface area contributed by atoms with Gasteiger partial charge < -0.3 is 12.7 Å². The molecule has 1 saturated heterocycles. The summed E-state index contributed by atoms with van der Waals surface area (Å²) in [6.07, 6.45) is 2.50. The molecule has 2 heteroatoms. The summed E-state index contributed by atoms with van der Waals surface area (Å²) in [6, 6.07) is 10.7. The van der Waals surface area contributed by atoms with Crippen LogP contribution >= 0.6 is 0 Å². The van der Waals surface area contributed by atoms with Crippen LogP contribution in [0, 0.1) is 13.3 Å². The van der Waals surface area contributed by atoms with Crippen molar-refractivity contribution in [3.63, 3.8) is 0 Å². The predicted octanol–water partition coefficient (Wildman–Crippen LogP) is 3.07. The van der Waals surface area contributed by atoms with Crippen molar-refractivity contribution in [2.45, 2.75) is 12.8 Å². The van der Waals surface area contributed by atoms with E-state index < -0.39 is 0 Å². The van der Waals surface area contributed by atoms with E-state index in [0.29, 0.717) is 0 Å². The van der Waals surface area contributed by atoms with Gasteiger partial charge in [0.1, 0.15) is 0 Å². The largest absolute Gasteiger partial charge is 0.662 e. The predicted molar refractivity (Wildman–Crippen MR) is 57.8 cm³/mol. The minimum Gasteiger partial charge on any atom is -0.662 e. The van der Waals surface area contributed by atoms with E-state index in [0.717, 1.165) is 19.0 Å². The first-order valence-corrected chi connectivity index (χ1v) is 4.62. The first kappa shape index (κ1) is 14.3. The van der Waals surface area contributed by atoms with Crippen molar-refractivity contribution in [3.05, 3.63) is 48.6 Å². The molecule has 1 unspecified atom stereocenters. The van der Waals surface area contributed by atoms with E-state index >= 15 is 0 Å². The molecule has 0 amide bonds. The van der Waals surface area contributed by atoms with Crippen LogP contribution in [0.25, 0.3) is 5.32 Å². The van der Waals surface area contributed by atoms with Crippen molar-refractivity contribution in [2.24, 2.45) is 5.92 Å². The fourth-order valence-electron chi connectivity index (χ4n) is 1.75. The van der Waals surface area contributed by atoms with Crippen LogP contribution in [0.1, 0.15) is 12.0 Å². The number of benzene rings is 1. The summed E-state index contributed by atoms with van der Waals surface area (Å²) in [4.78, 5) is 0. The molecule has 2 rings (SSSR count). The number of hydrogen-bond donors (Lipinski definition) is 0. The first-order chi connectivity index (χ1) is 5.95. The van der Waals surface area contributed by atoms with Crippen LogP contribution in [-0.4, -0.2) is 13.1 Å². The molecule has 0 saturated carbocycles. The van der Waals surface area contributed by atoms with Gasteiger partial charge in [0.05, 0.1) is 0 Å². The van der Waals surface area contributed by atoms with E-state index in [9.17, 15) is 0 Å². The minimum absolute atomic E-state index is 0. The van der Waals surface area contributed by atoms with Gasteiger partial charge in [-0.15, -0.1) is 13.1 Å². The van der Waals surface area contributed by atoms with Crippen molar-refractivity contribution in [2.75, 3.05) is 13.1 Å². The van der Waals surface area contributed by atoms with Gasteiger partial charge >= 0.3 is 0 Å². The van der Waals surface area contributed by atoms with Crippen LogP contribution in [0.2, 0.25) is 0 Å². The summed E-state index contributed by atoms with van der Waals surface area (Å²) in [5, 5.41) is 4.36. The monoisotopic (exact) mass is 264 g/mol. The zero-order chi connectivity index (χ0) is 8.23. The van der Waals surface area contributed by atoms with Crippen LogP contribution in [0.4, 0.5) is 0 Å². The minimum atomic E-state index is 0.